The van der Waals surface area contributed by atoms with Crippen LogP contribution in [-0.2, 0) is 6.54 Å². The van der Waals surface area contributed by atoms with Gasteiger partial charge in [0.15, 0.2) is 0 Å². The molecule has 0 aliphatic carbocycles. The molecule has 0 aliphatic heterocycles. The van der Waals surface area contributed by atoms with Crippen molar-refractivity contribution in [1.82, 2.24) is 15.5 Å². The molecule has 0 saturated heterocycles. The van der Waals surface area contributed by atoms with Gasteiger partial charge in [-0.15, -0.1) is 0 Å². The number of hydrogen-bond acceptors (Lipinski definition) is 4. The first-order valence-electron chi connectivity index (χ1n) is 6.19. The molecule has 0 unspecified atom stereocenters. The van der Waals surface area contributed by atoms with E-state index >= 15 is 0 Å². The number of nitrogens with zero attached hydrogens (tertiary/aromatic N) is 1. The van der Waals surface area contributed by atoms with Gasteiger partial charge in [-0.2, -0.15) is 5.10 Å². The Balaban J connectivity index is 2.42. The lowest BCUT2D eigenvalue weighted by Crippen LogP contribution is -2.21. The number of nitrogens with one attached hydrogen (secondary N) is 2. The molecule has 1 heterocycles. The topological polar surface area (TPSA) is 67.0 Å². The van der Waals surface area contributed by atoms with Crippen molar-refractivity contribution in [2.75, 3.05) is 13.7 Å². The van der Waals surface area contributed by atoms with Crippen LogP contribution in [0.3, 0.4) is 0 Å². The highest BCUT2D eigenvalue weighted by Crippen LogP contribution is 2.27. The summed E-state index contributed by atoms with van der Waals surface area (Å²) in [7, 11) is 1.62. The van der Waals surface area contributed by atoms with Crippen molar-refractivity contribution in [2.45, 2.75) is 13.5 Å². The molecule has 5 heteroatoms. The molecule has 0 aliphatic rings. The largest absolute Gasteiger partial charge is 0.496 e. The molecule has 1 aromatic heterocycles. The first-order valence-corrected chi connectivity index (χ1v) is 6.19. The summed E-state index contributed by atoms with van der Waals surface area (Å²) >= 11 is 0. The Hall–Kier alpha value is -2.14. The Labute approximate surface area is 111 Å². The molecule has 19 heavy (non-hydrogen) atoms. The minimum atomic E-state index is -0.167. The van der Waals surface area contributed by atoms with Crippen molar-refractivity contribution in [1.29, 1.82) is 0 Å². The Morgan fingerprint density at radius 3 is 2.89 bits per heavy atom. The average Bonchev–Trinajstić information content (AvgIpc) is 2.46. The summed E-state index contributed by atoms with van der Waals surface area (Å²) in [6.07, 6.45) is 0. The van der Waals surface area contributed by atoms with Crippen LogP contribution < -0.4 is 15.6 Å². The van der Waals surface area contributed by atoms with Gasteiger partial charge in [-0.05, 0) is 24.7 Å². The fourth-order valence-electron chi connectivity index (χ4n) is 1.83. The minimum Gasteiger partial charge on any atom is -0.496 e. The molecule has 2 rings (SSSR count). The highest BCUT2D eigenvalue weighted by molar-refractivity contribution is 5.66. The van der Waals surface area contributed by atoms with Gasteiger partial charge in [-0.1, -0.05) is 19.1 Å². The maximum atomic E-state index is 11.7. The van der Waals surface area contributed by atoms with Crippen LogP contribution >= 0.6 is 0 Å². The molecule has 0 radical (unpaired) electrons. The molecule has 0 saturated carbocycles. The van der Waals surface area contributed by atoms with Gasteiger partial charge in [0.2, 0.25) is 0 Å². The van der Waals surface area contributed by atoms with Crippen molar-refractivity contribution in [3.63, 3.8) is 0 Å². The second kappa shape index (κ2) is 6.15. The molecule has 0 spiro atoms. The molecule has 0 amide bonds. The lowest BCUT2D eigenvalue weighted by Gasteiger charge is -2.08. The van der Waals surface area contributed by atoms with E-state index in [1.165, 1.54) is 0 Å². The molecule has 2 aromatic rings. The minimum absolute atomic E-state index is 0.167. The first-order chi connectivity index (χ1) is 9.26. The number of hydrogen-bond donors (Lipinski definition) is 2. The smallest absolute Gasteiger partial charge is 0.268 e. The average molecular weight is 259 g/mol. The SMILES string of the molecule is CCNCc1cc(-c2ccccc2OC)n[nH]c1=O. The van der Waals surface area contributed by atoms with Crippen LogP contribution in [0.25, 0.3) is 11.3 Å². The van der Waals surface area contributed by atoms with Gasteiger partial charge >= 0.3 is 0 Å². The summed E-state index contributed by atoms with van der Waals surface area (Å²) in [6, 6.07) is 9.38. The van der Waals surface area contributed by atoms with Crippen LogP contribution in [0.1, 0.15) is 12.5 Å². The highest BCUT2D eigenvalue weighted by Gasteiger charge is 2.09. The van der Waals surface area contributed by atoms with Crippen LogP contribution in [0, 0.1) is 0 Å². The zero-order valence-corrected chi connectivity index (χ0v) is 11.1. The predicted molar refractivity (Wildman–Crippen MR) is 74.2 cm³/mol. The van der Waals surface area contributed by atoms with Crippen molar-refractivity contribution < 1.29 is 4.74 Å². The Morgan fingerprint density at radius 1 is 1.37 bits per heavy atom. The number of rotatable bonds is 5. The van der Waals surface area contributed by atoms with E-state index in [4.69, 9.17) is 4.74 Å². The summed E-state index contributed by atoms with van der Waals surface area (Å²) in [4.78, 5) is 11.7. The molecule has 0 fully saturated rings. The maximum Gasteiger partial charge on any atom is 0.268 e. The number of aromatic amines is 1. The summed E-state index contributed by atoms with van der Waals surface area (Å²) in [5.74, 6) is 0.733. The standard InChI is InChI=1S/C14H17N3O2/c1-3-15-9-10-8-12(16-17-14(10)18)11-6-4-5-7-13(11)19-2/h4-8,15H,3,9H2,1-2H3,(H,17,18). The van der Waals surface area contributed by atoms with Crippen LogP contribution in [0.2, 0.25) is 0 Å². The lowest BCUT2D eigenvalue weighted by molar-refractivity contribution is 0.416. The maximum absolute atomic E-state index is 11.7. The fraction of sp³-hybridized carbons (Fsp3) is 0.286. The molecule has 0 bridgehead atoms. The van der Waals surface area contributed by atoms with Gasteiger partial charge in [0, 0.05) is 17.7 Å². The molecule has 0 atom stereocenters. The zero-order chi connectivity index (χ0) is 13.7. The van der Waals surface area contributed by atoms with Crippen LogP contribution in [0.15, 0.2) is 35.1 Å². The Kier molecular flexibility index (Phi) is 4.30. The van der Waals surface area contributed by atoms with E-state index in [-0.39, 0.29) is 5.56 Å². The number of aromatic nitrogens is 2. The molecule has 2 N–H and O–H groups in total. The van der Waals surface area contributed by atoms with Gasteiger partial charge < -0.3 is 10.1 Å². The van der Waals surface area contributed by atoms with E-state index < -0.39 is 0 Å². The summed E-state index contributed by atoms with van der Waals surface area (Å²) in [5, 5.41) is 9.74. The number of ether oxygens (including phenoxy) is 1. The van der Waals surface area contributed by atoms with Crippen molar-refractivity contribution in [2.24, 2.45) is 0 Å². The monoisotopic (exact) mass is 259 g/mol. The molecule has 5 nitrogen and oxygen atoms in total. The number of methoxy groups -OCH3 is 1. The lowest BCUT2D eigenvalue weighted by atomic mass is 10.1. The number of para-hydroxylation sites is 1. The summed E-state index contributed by atoms with van der Waals surface area (Å²) in [5.41, 5.74) is 2.06. The van der Waals surface area contributed by atoms with Gasteiger partial charge in [-0.25, -0.2) is 5.10 Å². The van der Waals surface area contributed by atoms with E-state index in [1.807, 2.05) is 31.2 Å². The van der Waals surface area contributed by atoms with E-state index in [0.717, 1.165) is 17.9 Å². The van der Waals surface area contributed by atoms with Crippen molar-refractivity contribution >= 4 is 0 Å². The van der Waals surface area contributed by atoms with E-state index in [0.29, 0.717) is 17.8 Å². The normalized spacial score (nSPS) is 10.4. The van der Waals surface area contributed by atoms with Gasteiger partial charge in [0.05, 0.1) is 12.8 Å². The summed E-state index contributed by atoms with van der Waals surface area (Å²) in [6.45, 7) is 3.33. The van der Waals surface area contributed by atoms with Gasteiger partial charge in [0.1, 0.15) is 5.75 Å². The van der Waals surface area contributed by atoms with E-state index in [1.54, 1.807) is 13.2 Å². The van der Waals surface area contributed by atoms with E-state index in [9.17, 15) is 4.79 Å². The Bertz CT molecular complexity index is 608. The first kappa shape index (κ1) is 13.3. The highest BCUT2D eigenvalue weighted by atomic mass is 16.5. The van der Waals surface area contributed by atoms with Crippen molar-refractivity contribution in [3.05, 3.63) is 46.2 Å². The summed E-state index contributed by atoms with van der Waals surface area (Å²) < 4.78 is 5.30. The molecular formula is C14H17N3O2. The van der Waals surface area contributed by atoms with Crippen LogP contribution in [0.4, 0.5) is 0 Å². The van der Waals surface area contributed by atoms with Gasteiger partial charge in [-0.3, -0.25) is 4.79 Å². The third kappa shape index (κ3) is 3.00. The molecular weight excluding hydrogens is 242 g/mol. The van der Waals surface area contributed by atoms with Crippen molar-refractivity contribution in [3.8, 4) is 17.0 Å². The number of H-pyrrole nitrogens is 1. The third-order valence-electron chi connectivity index (χ3n) is 2.83. The van der Waals surface area contributed by atoms with Gasteiger partial charge in [0.25, 0.3) is 5.56 Å². The Morgan fingerprint density at radius 2 is 2.16 bits per heavy atom. The second-order valence-corrected chi connectivity index (χ2v) is 4.09. The fourth-order valence-corrected chi connectivity index (χ4v) is 1.83. The third-order valence-corrected chi connectivity index (χ3v) is 2.83. The zero-order valence-electron chi connectivity index (χ0n) is 11.1. The number of benzene rings is 1. The van der Waals surface area contributed by atoms with Crippen LogP contribution in [-0.4, -0.2) is 23.9 Å². The molecule has 100 valence electrons. The second-order valence-electron chi connectivity index (χ2n) is 4.09. The van der Waals surface area contributed by atoms with E-state index in [2.05, 4.69) is 15.5 Å². The van der Waals surface area contributed by atoms with Crippen LogP contribution in [0.5, 0.6) is 5.75 Å². The quantitative estimate of drug-likeness (QED) is 0.855. The molecule has 1 aromatic carbocycles. The predicted octanol–water partition coefficient (Wildman–Crippen LogP) is 1.55.